The lowest BCUT2D eigenvalue weighted by molar-refractivity contribution is 0.750. The summed E-state index contributed by atoms with van der Waals surface area (Å²) in [6, 6.07) is 18.7. The van der Waals surface area contributed by atoms with Crippen LogP contribution < -0.4 is 10.6 Å². The summed E-state index contributed by atoms with van der Waals surface area (Å²) >= 11 is 0. The fourth-order valence-electron chi connectivity index (χ4n) is 2.99. The average molecular weight is 290 g/mol. The standard InChI is InChI=1S/C18H18N4/c19-14-10-11-22(12-14)18-20-16-9-5-4-8-15(16)17(21-18)13-6-2-1-3-7-13/h1-9,14H,10-12,19H2/t14-/m0/s1. The van der Waals surface area contributed by atoms with Gasteiger partial charge >= 0.3 is 0 Å². The highest BCUT2D eigenvalue weighted by molar-refractivity contribution is 5.93. The van der Waals surface area contributed by atoms with Crippen molar-refractivity contribution in [3.8, 4) is 11.3 Å². The molecule has 0 bridgehead atoms. The molecular weight excluding hydrogens is 272 g/mol. The Hall–Kier alpha value is -2.46. The molecule has 110 valence electrons. The van der Waals surface area contributed by atoms with Crippen LogP contribution in [0.4, 0.5) is 5.95 Å². The van der Waals surface area contributed by atoms with E-state index in [-0.39, 0.29) is 6.04 Å². The molecule has 2 N–H and O–H groups in total. The van der Waals surface area contributed by atoms with E-state index < -0.39 is 0 Å². The van der Waals surface area contributed by atoms with Gasteiger partial charge in [0, 0.05) is 30.1 Å². The third-order valence-electron chi connectivity index (χ3n) is 4.15. The van der Waals surface area contributed by atoms with Crippen LogP contribution in [0.1, 0.15) is 6.42 Å². The summed E-state index contributed by atoms with van der Waals surface area (Å²) in [5, 5.41) is 1.08. The molecule has 4 rings (SSSR count). The van der Waals surface area contributed by atoms with E-state index in [0.717, 1.165) is 47.6 Å². The first-order chi connectivity index (χ1) is 10.8. The number of nitrogens with two attached hydrogens (primary N) is 1. The van der Waals surface area contributed by atoms with Gasteiger partial charge in [0.25, 0.3) is 0 Å². The second-order valence-corrected chi connectivity index (χ2v) is 5.75. The molecule has 1 aliphatic heterocycles. The molecule has 1 saturated heterocycles. The molecule has 0 radical (unpaired) electrons. The second-order valence-electron chi connectivity index (χ2n) is 5.75. The van der Waals surface area contributed by atoms with Crippen LogP contribution in [0, 0.1) is 0 Å². The lowest BCUT2D eigenvalue weighted by atomic mass is 10.1. The van der Waals surface area contributed by atoms with Gasteiger partial charge in [-0.05, 0) is 12.5 Å². The zero-order valence-electron chi connectivity index (χ0n) is 12.3. The lowest BCUT2D eigenvalue weighted by Crippen LogP contribution is -2.27. The van der Waals surface area contributed by atoms with Crippen molar-refractivity contribution in [2.45, 2.75) is 12.5 Å². The minimum Gasteiger partial charge on any atom is -0.339 e. The van der Waals surface area contributed by atoms with Gasteiger partial charge in [0.15, 0.2) is 0 Å². The minimum absolute atomic E-state index is 0.218. The van der Waals surface area contributed by atoms with Crippen LogP contribution in [0.5, 0.6) is 0 Å². The van der Waals surface area contributed by atoms with Crippen molar-refractivity contribution < 1.29 is 0 Å². The molecule has 1 fully saturated rings. The van der Waals surface area contributed by atoms with Gasteiger partial charge in [-0.1, -0.05) is 48.5 Å². The molecule has 1 aromatic heterocycles. The van der Waals surface area contributed by atoms with Crippen molar-refractivity contribution in [1.82, 2.24) is 9.97 Å². The Balaban J connectivity index is 1.90. The van der Waals surface area contributed by atoms with Gasteiger partial charge in [0.2, 0.25) is 5.95 Å². The van der Waals surface area contributed by atoms with Crippen molar-refractivity contribution in [3.63, 3.8) is 0 Å². The number of rotatable bonds is 2. The second kappa shape index (κ2) is 5.39. The summed E-state index contributed by atoms with van der Waals surface area (Å²) in [4.78, 5) is 11.8. The van der Waals surface area contributed by atoms with Gasteiger partial charge in [-0.15, -0.1) is 0 Å². The van der Waals surface area contributed by atoms with Gasteiger partial charge in [-0.2, -0.15) is 0 Å². The average Bonchev–Trinajstić information content (AvgIpc) is 3.01. The number of anilines is 1. The number of benzene rings is 2. The minimum atomic E-state index is 0.218. The summed E-state index contributed by atoms with van der Waals surface area (Å²) in [6.07, 6.45) is 0.997. The predicted molar refractivity (Wildman–Crippen MR) is 89.8 cm³/mol. The molecule has 0 aliphatic carbocycles. The van der Waals surface area contributed by atoms with Crippen molar-refractivity contribution in [2.24, 2.45) is 5.73 Å². The van der Waals surface area contributed by atoms with Crippen LogP contribution in [0.15, 0.2) is 54.6 Å². The van der Waals surface area contributed by atoms with Crippen LogP contribution in [-0.4, -0.2) is 29.1 Å². The molecule has 0 amide bonds. The smallest absolute Gasteiger partial charge is 0.226 e. The molecule has 0 saturated carbocycles. The molecule has 2 aromatic carbocycles. The lowest BCUT2D eigenvalue weighted by Gasteiger charge is -2.17. The molecule has 4 heteroatoms. The molecule has 0 unspecified atom stereocenters. The molecule has 1 aliphatic rings. The Morgan fingerprint density at radius 2 is 1.73 bits per heavy atom. The van der Waals surface area contributed by atoms with E-state index >= 15 is 0 Å². The molecule has 3 aromatic rings. The number of nitrogens with zero attached hydrogens (tertiary/aromatic N) is 3. The van der Waals surface area contributed by atoms with Gasteiger partial charge < -0.3 is 10.6 Å². The van der Waals surface area contributed by atoms with E-state index in [0.29, 0.717) is 0 Å². The van der Waals surface area contributed by atoms with Gasteiger partial charge in [-0.3, -0.25) is 0 Å². The van der Waals surface area contributed by atoms with Crippen LogP contribution in [0.3, 0.4) is 0 Å². The summed E-state index contributed by atoms with van der Waals surface area (Å²) in [6.45, 7) is 1.75. The van der Waals surface area contributed by atoms with Gasteiger partial charge in [-0.25, -0.2) is 9.97 Å². The summed E-state index contributed by atoms with van der Waals surface area (Å²) in [5.41, 5.74) is 9.11. The maximum absolute atomic E-state index is 6.03. The van der Waals surface area contributed by atoms with Crippen molar-refractivity contribution in [2.75, 3.05) is 18.0 Å². The first-order valence-corrected chi connectivity index (χ1v) is 7.64. The number of hydrogen-bond donors (Lipinski definition) is 1. The highest BCUT2D eigenvalue weighted by Gasteiger charge is 2.22. The van der Waals surface area contributed by atoms with Gasteiger partial charge in [0.1, 0.15) is 0 Å². The van der Waals surface area contributed by atoms with E-state index in [1.54, 1.807) is 0 Å². The fourth-order valence-corrected chi connectivity index (χ4v) is 2.99. The zero-order valence-corrected chi connectivity index (χ0v) is 12.3. The van der Waals surface area contributed by atoms with Crippen LogP contribution in [-0.2, 0) is 0 Å². The molecular formula is C18H18N4. The van der Waals surface area contributed by atoms with E-state index in [2.05, 4.69) is 23.1 Å². The Bertz CT molecular complexity index is 801. The van der Waals surface area contributed by atoms with E-state index in [1.807, 2.05) is 36.4 Å². The fraction of sp³-hybridized carbons (Fsp3) is 0.222. The third kappa shape index (κ3) is 2.31. The Morgan fingerprint density at radius 1 is 0.955 bits per heavy atom. The number of para-hydroxylation sites is 1. The van der Waals surface area contributed by atoms with Crippen LogP contribution >= 0.6 is 0 Å². The van der Waals surface area contributed by atoms with Crippen LogP contribution in [0.2, 0.25) is 0 Å². The molecule has 22 heavy (non-hydrogen) atoms. The maximum Gasteiger partial charge on any atom is 0.226 e. The Morgan fingerprint density at radius 3 is 2.50 bits per heavy atom. The van der Waals surface area contributed by atoms with E-state index in [1.165, 1.54) is 0 Å². The highest BCUT2D eigenvalue weighted by atomic mass is 15.3. The van der Waals surface area contributed by atoms with E-state index in [9.17, 15) is 0 Å². The Kier molecular flexibility index (Phi) is 3.24. The largest absolute Gasteiger partial charge is 0.339 e. The normalized spacial score (nSPS) is 18.0. The third-order valence-corrected chi connectivity index (χ3v) is 4.15. The quantitative estimate of drug-likeness (QED) is 0.788. The van der Waals surface area contributed by atoms with Crippen LogP contribution in [0.25, 0.3) is 22.2 Å². The molecule has 2 heterocycles. The maximum atomic E-state index is 6.03. The number of aromatic nitrogens is 2. The predicted octanol–water partition coefficient (Wildman–Crippen LogP) is 2.83. The first kappa shape index (κ1) is 13.2. The SMILES string of the molecule is N[C@H]1CCN(c2nc(-c3ccccc3)c3ccccc3n2)C1. The number of fused-ring (bicyclic) bond motifs is 1. The van der Waals surface area contributed by atoms with Crippen molar-refractivity contribution >= 4 is 16.9 Å². The number of hydrogen-bond acceptors (Lipinski definition) is 4. The molecule has 1 atom stereocenters. The van der Waals surface area contributed by atoms with Gasteiger partial charge in [0.05, 0.1) is 11.2 Å². The first-order valence-electron chi connectivity index (χ1n) is 7.64. The zero-order chi connectivity index (χ0) is 14.9. The summed E-state index contributed by atoms with van der Waals surface area (Å²) in [5.74, 6) is 0.783. The summed E-state index contributed by atoms with van der Waals surface area (Å²) in [7, 11) is 0. The molecule has 4 nitrogen and oxygen atoms in total. The highest BCUT2D eigenvalue weighted by Crippen LogP contribution is 2.28. The Labute approximate surface area is 129 Å². The van der Waals surface area contributed by atoms with Crippen molar-refractivity contribution in [1.29, 1.82) is 0 Å². The molecule has 0 spiro atoms. The topological polar surface area (TPSA) is 55.0 Å². The monoisotopic (exact) mass is 290 g/mol. The van der Waals surface area contributed by atoms with E-state index in [4.69, 9.17) is 15.7 Å². The van der Waals surface area contributed by atoms with Crippen molar-refractivity contribution in [3.05, 3.63) is 54.6 Å². The summed E-state index contributed by atoms with van der Waals surface area (Å²) < 4.78 is 0.